The maximum atomic E-state index is 5.99. The fourth-order valence-electron chi connectivity index (χ4n) is 1.44. The van der Waals surface area contributed by atoms with E-state index in [0.29, 0.717) is 5.15 Å². The van der Waals surface area contributed by atoms with Crippen LogP contribution in [0.4, 0.5) is 0 Å². The molecule has 0 atom stereocenters. The highest BCUT2D eigenvalue weighted by molar-refractivity contribution is 7.98. The van der Waals surface area contributed by atoms with E-state index < -0.39 is 0 Å². The minimum Gasteiger partial charge on any atom is -0.303 e. The molecular weight excluding hydrogens is 240 g/mol. The van der Waals surface area contributed by atoms with Gasteiger partial charge in [-0.1, -0.05) is 31.5 Å². The highest BCUT2D eigenvalue weighted by Crippen LogP contribution is 2.18. The van der Waals surface area contributed by atoms with Crippen molar-refractivity contribution in [2.75, 3.05) is 25.4 Å². The van der Waals surface area contributed by atoms with Gasteiger partial charge in [0, 0.05) is 24.2 Å². The number of aromatic nitrogens is 1. The lowest BCUT2D eigenvalue weighted by Gasteiger charge is -2.17. The van der Waals surface area contributed by atoms with Crippen LogP contribution in [0.3, 0.4) is 0 Å². The maximum absolute atomic E-state index is 5.99. The van der Waals surface area contributed by atoms with E-state index in [1.807, 2.05) is 23.9 Å². The Morgan fingerprint density at radius 3 is 2.75 bits per heavy atom. The molecule has 0 aliphatic heterocycles. The number of hydrogen-bond acceptors (Lipinski definition) is 3. The zero-order valence-corrected chi connectivity index (χ0v) is 11.5. The van der Waals surface area contributed by atoms with Gasteiger partial charge in [-0.3, -0.25) is 0 Å². The molecule has 1 rings (SSSR count). The lowest BCUT2D eigenvalue weighted by Crippen LogP contribution is -2.25. The molecule has 0 aliphatic rings. The lowest BCUT2D eigenvalue weighted by atomic mass is 10.3. The van der Waals surface area contributed by atoms with Crippen molar-refractivity contribution in [3.8, 4) is 0 Å². The Hall–Kier alpha value is -0.250. The number of nitrogens with zero attached hydrogens (tertiary/aromatic N) is 2. The monoisotopic (exact) mass is 258 g/mol. The number of pyridine rings is 1. The quantitative estimate of drug-likeness (QED) is 0.551. The van der Waals surface area contributed by atoms with Crippen LogP contribution in [0.25, 0.3) is 0 Å². The van der Waals surface area contributed by atoms with Crippen molar-refractivity contribution >= 4 is 23.4 Å². The van der Waals surface area contributed by atoms with Crippen LogP contribution in [-0.2, 0) is 5.75 Å². The van der Waals surface area contributed by atoms with Crippen molar-refractivity contribution in [1.29, 1.82) is 0 Å². The summed E-state index contributed by atoms with van der Waals surface area (Å²) in [7, 11) is 0. The molecule has 1 aromatic heterocycles. The molecule has 0 saturated carbocycles. The van der Waals surface area contributed by atoms with E-state index >= 15 is 0 Å². The first-order valence-electron chi connectivity index (χ1n) is 5.67. The van der Waals surface area contributed by atoms with Crippen LogP contribution in [-0.4, -0.2) is 35.3 Å². The fourth-order valence-corrected chi connectivity index (χ4v) is 2.69. The number of rotatable bonds is 7. The summed E-state index contributed by atoms with van der Waals surface area (Å²) in [5, 5.41) is 0.637. The second kappa shape index (κ2) is 7.93. The summed E-state index contributed by atoms with van der Waals surface area (Å²) in [6.07, 6.45) is 1.73. The molecule has 0 bridgehead atoms. The van der Waals surface area contributed by atoms with Gasteiger partial charge in [0.15, 0.2) is 0 Å². The van der Waals surface area contributed by atoms with E-state index in [2.05, 4.69) is 23.7 Å². The molecule has 0 aromatic carbocycles. The van der Waals surface area contributed by atoms with Crippen LogP contribution >= 0.6 is 23.4 Å². The van der Waals surface area contributed by atoms with Gasteiger partial charge in [-0.25, -0.2) is 4.98 Å². The Kier molecular flexibility index (Phi) is 6.85. The Labute approximate surface area is 107 Å². The van der Waals surface area contributed by atoms with Gasteiger partial charge in [-0.2, -0.15) is 11.8 Å². The standard InChI is InChI=1S/C12H19ClN2S/c1-3-15(4-2)8-9-16-10-11-6-5-7-14-12(11)13/h5-7H,3-4,8-10H2,1-2H3. The third-order valence-electron chi connectivity index (χ3n) is 2.54. The molecule has 16 heavy (non-hydrogen) atoms. The minimum atomic E-state index is 0.637. The molecule has 0 unspecified atom stereocenters. The van der Waals surface area contributed by atoms with Crippen LogP contribution < -0.4 is 0 Å². The van der Waals surface area contributed by atoms with E-state index in [4.69, 9.17) is 11.6 Å². The van der Waals surface area contributed by atoms with Gasteiger partial charge in [-0.15, -0.1) is 0 Å². The highest BCUT2D eigenvalue weighted by Gasteiger charge is 2.02. The smallest absolute Gasteiger partial charge is 0.133 e. The highest BCUT2D eigenvalue weighted by atomic mass is 35.5. The molecule has 4 heteroatoms. The first-order chi connectivity index (χ1) is 7.77. The molecule has 0 fully saturated rings. The van der Waals surface area contributed by atoms with Gasteiger partial charge >= 0.3 is 0 Å². The van der Waals surface area contributed by atoms with Gasteiger partial charge in [0.05, 0.1) is 0 Å². The Morgan fingerprint density at radius 2 is 2.12 bits per heavy atom. The zero-order valence-electron chi connectivity index (χ0n) is 9.95. The lowest BCUT2D eigenvalue weighted by molar-refractivity contribution is 0.324. The predicted octanol–water partition coefficient (Wildman–Crippen LogP) is 3.31. The summed E-state index contributed by atoms with van der Waals surface area (Å²) in [6.45, 7) is 7.81. The molecule has 1 heterocycles. The summed E-state index contributed by atoms with van der Waals surface area (Å²) in [6, 6.07) is 3.98. The molecule has 1 aromatic rings. The topological polar surface area (TPSA) is 16.1 Å². The largest absolute Gasteiger partial charge is 0.303 e. The second-order valence-electron chi connectivity index (χ2n) is 3.53. The summed E-state index contributed by atoms with van der Waals surface area (Å²) in [4.78, 5) is 6.50. The Morgan fingerprint density at radius 1 is 1.38 bits per heavy atom. The summed E-state index contributed by atoms with van der Waals surface area (Å²) < 4.78 is 0. The third kappa shape index (κ3) is 4.73. The van der Waals surface area contributed by atoms with E-state index in [1.54, 1.807) is 6.20 Å². The molecule has 0 N–H and O–H groups in total. The average Bonchev–Trinajstić information content (AvgIpc) is 2.31. The summed E-state index contributed by atoms with van der Waals surface area (Å²) >= 11 is 7.90. The van der Waals surface area contributed by atoms with Crippen molar-refractivity contribution in [1.82, 2.24) is 9.88 Å². The number of hydrogen-bond donors (Lipinski definition) is 0. The molecule has 90 valence electrons. The van der Waals surface area contributed by atoms with Crippen molar-refractivity contribution < 1.29 is 0 Å². The minimum absolute atomic E-state index is 0.637. The number of halogens is 1. The van der Waals surface area contributed by atoms with Crippen molar-refractivity contribution in [2.24, 2.45) is 0 Å². The average molecular weight is 259 g/mol. The first kappa shape index (κ1) is 13.8. The van der Waals surface area contributed by atoms with Crippen molar-refractivity contribution in [3.63, 3.8) is 0 Å². The summed E-state index contributed by atoms with van der Waals surface area (Å²) in [5.74, 6) is 2.10. The van der Waals surface area contributed by atoms with Gasteiger partial charge in [-0.05, 0) is 24.7 Å². The van der Waals surface area contributed by atoms with Crippen molar-refractivity contribution in [3.05, 3.63) is 29.0 Å². The van der Waals surface area contributed by atoms with Crippen LogP contribution in [0.5, 0.6) is 0 Å². The second-order valence-corrected chi connectivity index (χ2v) is 5.00. The molecular formula is C12H19ClN2S. The normalized spacial score (nSPS) is 11.0. The predicted molar refractivity (Wildman–Crippen MR) is 73.2 cm³/mol. The fraction of sp³-hybridized carbons (Fsp3) is 0.583. The van der Waals surface area contributed by atoms with E-state index in [1.165, 1.54) is 0 Å². The Balaban J connectivity index is 2.23. The van der Waals surface area contributed by atoms with Gasteiger partial charge < -0.3 is 4.90 Å². The SMILES string of the molecule is CCN(CC)CCSCc1cccnc1Cl. The molecule has 0 amide bonds. The molecule has 2 nitrogen and oxygen atoms in total. The van der Waals surface area contributed by atoms with Gasteiger partial charge in [0.1, 0.15) is 5.15 Å². The Bertz CT molecular complexity index is 303. The molecule has 0 saturated heterocycles. The third-order valence-corrected chi connectivity index (χ3v) is 3.87. The molecule has 0 spiro atoms. The van der Waals surface area contributed by atoms with Gasteiger partial charge in [0.25, 0.3) is 0 Å². The van der Waals surface area contributed by atoms with Gasteiger partial charge in [0.2, 0.25) is 0 Å². The van der Waals surface area contributed by atoms with Crippen LogP contribution in [0.15, 0.2) is 18.3 Å². The van der Waals surface area contributed by atoms with Crippen LogP contribution in [0, 0.1) is 0 Å². The maximum Gasteiger partial charge on any atom is 0.133 e. The first-order valence-corrected chi connectivity index (χ1v) is 7.20. The summed E-state index contributed by atoms with van der Waals surface area (Å²) in [5.41, 5.74) is 1.13. The molecule has 0 radical (unpaired) electrons. The van der Waals surface area contributed by atoms with E-state index in [-0.39, 0.29) is 0 Å². The van der Waals surface area contributed by atoms with Crippen LogP contribution in [0.2, 0.25) is 5.15 Å². The molecule has 0 aliphatic carbocycles. The van der Waals surface area contributed by atoms with E-state index in [0.717, 1.165) is 36.7 Å². The van der Waals surface area contributed by atoms with Crippen molar-refractivity contribution in [2.45, 2.75) is 19.6 Å². The van der Waals surface area contributed by atoms with E-state index in [9.17, 15) is 0 Å². The number of thioether (sulfide) groups is 1. The zero-order chi connectivity index (χ0) is 11.8. The van der Waals surface area contributed by atoms with Crippen LogP contribution in [0.1, 0.15) is 19.4 Å².